The van der Waals surface area contributed by atoms with E-state index in [4.69, 9.17) is 0 Å². The molecule has 0 saturated heterocycles. The molecule has 1 amide bonds. The molecule has 0 saturated carbocycles. The van der Waals surface area contributed by atoms with Gasteiger partial charge in [-0.15, -0.1) is 11.8 Å². The van der Waals surface area contributed by atoms with Crippen LogP contribution in [0.15, 0.2) is 53.6 Å². The second-order valence-corrected chi connectivity index (χ2v) is 6.10. The number of nitrogens with zero attached hydrogens (tertiary/aromatic N) is 1. The van der Waals surface area contributed by atoms with E-state index in [1.807, 2.05) is 42.1 Å². The van der Waals surface area contributed by atoms with Gasteiger partial charge in [-0.05, 0) is 18.2 Å². The predicted molar refractivity (Wildman–Crippen MR) is 88.6 cm³/mol. The van der Waals surface area contributed by atoms with E-state index in [0.29, 0.717) is 0 Å². The highest BCUT2D eigenvalue weighted by Gasteiger charge is 2.11. The molecule has 3 aromatic rings. The number of anilines is 1. The topological polar surface area (TPSA) is 34.0 Å². The molecule has 3 nitrogen and oxygen atoms in total. The zero-order valence-corrected chi connectivity index (χ0v) is 13.2. The molecule has 2 aromatic carbocycles. The number of nitrogens with one attached hydrogen (secondary N) is 1. The van der Waals surface area contributed by atoms with Crippen LogP contribution in [0.4, 0.5) is 14.5 Å². The van der Waals surface area contributed by atoms with Crippen molar-refractivity contribution in [2.75, 3.05) is 11.1 Å². The number of thioether (sulfide) groups is 1. The maximum Gasteiger partial charge on any atom is 0.234 e. The number of fused-ring (bicyclic) bond motifs is 1. The maximum atomic E-state index is 13.5. The zero-order valence-electron chi connectivity index (χ0n) is 12.3. The lowest BCUT2D eigenvalue weighted by molar-refractivity contribution is -0.113. The fraction of sp³-hybridized carbons (Fsp3) is 0.118. The minimum absolute atomic E-state index is 0.0186. The second kappa shape index (κ2) is 6.42. The van der Waals surface area contributed by atoms with Crippen LogP contribution in [-0.4, -0.2) is 16.2 Å². The van der Waals surface area contributed by atoms with Gasteiger partial charge in [-0.3, -0.25) is 4.79 Å². The first-order valence-electron chi connectivity index (χ1n) is 6.96. The van der Waals surface area contributed by atoms with Crippen molar-refractivity contribution in [3.63, 3.8) is 0 Å². The van der Waals surface area contributed by atoms with E-state index < -0.39 is 11.6 Å². The summed E-state index contributed by atoms with van der Waals surface area (Å²) in [6.45, 7) is 0. The lowest BCUT2D eigenvalue weighted by Gasteiger charge is -2.06. The van der Waals surface area contributed by atoms with E-state index >= 15 is 0 Å². The lowest BCUT2D eigenvalue weighted by atomic mass is 10.2. The summed E-state index contributed by atoms with van der Waals surface area (Å²) in [5, 5.41) is 3.52. The predicted octanol–water partition coefficient (Wildman–Crippen LogP) is 4.19. The standard InChI is InChI=1S/C17H14F2N2OS/c1-21-9-16(12-4-2-3-5-15(12)21)23-10-17(22)20-14-7-6-11(18)8-13(14)19/h2-9H,10H2,1H3,(H,20,22). The summed E-state index contributed by atoms with van der Waals surface area (Å²) in [6, 6.07) is 11.0. The number of amides is 1. The zero-order chi connectivity index (χ0) is 16.4. The summed E-state index contributed by atoms with van der Waals surface area (Å²) < 4.78 is 28.4. The number of carbonyl (C=O) groups is 1. The van der Waals surface area contributed by atoms with Crippen molar-refractivity contribution < 1.29 is 13.6 Å². The number of hydrogen-bond acceptors (Lipinski definition) is 2. The van der Waals surface area contributed by atoms with Gasteiger partial charge in [-0.2, -0.15) is 0 Å². The Morgan fingerprint density at radius 1 is 1.22 bits per heavy atom. The van der Waals surface area contributed by atoms with E-state index in [2.05, 4.69) is 5.32 Å². The molecule has 0 spiro atoms. The highest BCUT2D eigenvalue weighted by Crippen LogP contribution is 2.29. The second-order valence-electron chi connectivity index (χ2n) is 5.08. The van der Waals surface area contributed by atoms with Crippen LogP contribution in [-0.2, 0) is 11.8 Å². The Balaban J connectivity index is 1.69. The third kappa shape index (κ3) is 3.37. The van der Waals surface area contributed by atoms with Gasteiger partial charge in [0.2, 0.25) is 5.91 Å². The van der Waals surface area contributed by atoms with Crippen molar-refractivity contribution in [1.82, 2.24) is 4.57 Å². The Kier molecular flexibility index (Phi) is 4.34. The number of halogens is 2. The fourth-order valence-corrected chi connectivity index (χ4v) is 3.26. The van der Waals surface area contributed by atoms with Gasteiger partial charge in [0.05, 0.1) is 11.4 Å². The van der Waals surface area contributed by atoms with Crippen LogP contribution >= 0.6 is 11.8 Å². The summed E-state index contributed by atoms with van der Waals surface area (Å²) in [5.74, 6) is -1.65. The molecule has 118 valence electrons. The molecule has 0 bridgehead atoms. The van der Waals surface area contributed by atoms with Crippen LogP contribution in [0.5, 0.6) is 0 Å². The molecule has 0 aliphatic rings. The van der Waals surface area contributed by atoms with Crippen molar-refractivity contribution in [2.45, 2.75) is 4.90 Å². The molecule has 1 heterocycles. The summed E-state index contributed by atoms with van der Waals surface area (Å²) in [7, 11) is 1.94. The Bertz CT molecular complexity index is 876. The third-order valence-corrected chi connectivity index (χ3v) is 4.47. The average Bonchev–Trinajstić information content (AvgIpc) is 2.85. The molecule has 23 heavy (non-hydrogen) atoms. The SMILES string of the molecule is Cn1cc(SCC(=O)Nc2ccc(F)cc2F)c2ccccc21. The molecule has 1 aromatic heterocycles. The van der Waals surface area contributed by atoms with E-state index in [0.717, 1.165) is 27.9 Å². The lowest BCUT2D eigenvalue weighted by Crippen LogP contribution is -2.15. The van der Waals surface area contributed by atoms with Gasteiger partial charge in [0.25, 0.3) is 0 Å². The third-order valence-electron chi connectivity index (χ3n) is 3.42. The fourth-order valence-electron chi connectivity index (χ4n) is 2.34. The molecule has 0 atom stereocenters. The van der Waals surface area contributed by atoms with Gasteiger partial charge in [0.1, 0.15) is 11.6 Å². The van der Waals surface area contributed by atoms with E-state index in [-0.39, 0.29) is 17.3 Å². The highest BCUT2D eigenvalue weighted by atomic mass is 32.2. The van der Waals surface area contributed by atoms with Crippen LogP contribution in [0.1, 0.15) is 0 Å². The summed E-state index contributed by atoms with van der Waals surface area (Å²) in [6.07, 6.45) is 1.96. The van der Waals surface area contributed by atoms with Gasteiger partial charge in [0.15, 0.2) is 0 Å². The highest BCUT2D eigenvalue weighted by molar-refractivity contribution is 8.00. The Morgan fingerprint density at radius 2 is 2.00 bits per heavy atom. The number of benzene rings is 2. The number of hydrogen-bond donors (Lipinski definition) is 1. The van der Waals surface area contributed by atoms with Crippen LogP contribution in [0.25, 0.3) is 10.9 Å². The molecular weight excluding hydrogens is 318 g/mol. The monoisotopic (exact) mass is 332 g/mol. The molecule has 0 radical (unpaired) electrons. The van der Waals surface area contributed by atoms with Crippen molar-refractivity contribution in [3.05, 3.63) is 60.3 Å². The van der Waals surface area contributed by atoms with Crippen LogP contribution in [0, 0.1) is 11.6 Å². The van der Waals surface area contributed by atoms with Gasteiger partial charge in [-0.25, -0.2) is 8.78 Å². The quantitative estimate of drug-likeness (QED) is 0.727. The molecule has 0 aliphatic heterocycles. The minimum Gasteiger partial charge on any atom is -0.349 e. The van der Waals surface area contributed by atoms with Gasteiger partial charge in [-0.1, -0.05) is 18.2 Å². The van der Waals surface area contributed by atoms with Gasteiger partial charge in [0, 0.05) is 35.1 Å². The normalized spacial score (nSPS) is 10.9. The van der Waals surface area contributed by atoms with Gasteiger partial charge < -0.3 is 9.88 Å². The largest absolute Gasteiger partial charge is 0.349 e. The number of aromatic nitrogens is 1. The summed E-state index contributed by atoms with van der Waals surface area (Å²) in [4.78, 5) is 13.0. The molecule has 3 rings (SSSR count). The van der Waals surface area contributed by atoms with Crippen LogP contribution in [0.3, 0.4) is 0 Å². The van der Waals surface area contributed by atoms with Gasteiger partial charge >= 0.3 is 0 Å². The van der Waals surface area contributed by atoms with Crippen molar-refractivity contribution in [2.24, 2.45) is 7.05 Å². The minimum atomic E-state index is -0.784. The first kappa shape index (κ1) is 15.6. The van der Waals surface area contributed by atoms with Crippen molar-refractivity contribution >= 4 is 34.3 Å². The molecular formula is C17H14F2N2OS. The summed E-state index contributed by atoms with van der Waals surface area (Å²) in [5.41, 5.74) is 1.06. The smallest absolute Gasteiger partial charge is 0.234 e. The van der Waals surface area contributed by atoms with E-state index in [9.17, 15) is 13.6 Å². The average molecular weight is 332 g/mol. The Morgan fingerprint density at radius 3 is 2.78 bits per heavy atom. The first-order chi connectivity index (χ1) is 11.0. The van der Waals surface area contributed by atoms with E-state index in [1.54, 1.807) is 0 Å². The number of para-hydroxylation sites is 1. The number of carbonyl (C=O) groups excluding carboxylic acids is 1. The molecule has 0 unspecified atom stereocenters. The number of rotatable bonds is 4. The van der Waals surface area contributed by atoms with E-state index in [1.165, 1.54) is 17.8 Å². The molecule has 6 heteroatoms. The Hall–Kier alpha value is -2.34. The van der Waals surface area contributed by atoms with Crippen molar-refractivity contribution in [3.8, 4) is 0 Å². The first-order valence-corrected chi connectivity index (χ1v) is 7.95. The number of aryl methyl sites for hydroxylation is 1. The van der Waals surface area contributed by atoms with Crippen molar-refractivity contribution in [1.29, 1.82) is 0 Å². The molecule has 1 N–H and O–H groups in total. The summed E-state index contributed by atoms with van der Waals surface area (Å²) >= 11 is 1.38. The molecule has 0 aliphatic carbocycles. The van der Waals surface area contributed by atoms with Crippen LogP contribution in [0.2, 0.25) is 0 Å². The molecule has 0 fully saturated rings. The van der Waals surface area contributed by atoms with Crippen LogP contribution < -0.4 is 5.32 Å². The maximum absolute atomic E-state index is 13.5. The Labute approximate surface area is 136 Å².